The molecule has 2 amide bonds. The Labute approximate surface area is 195 Å². The molecule has 9 heteroatoms. The number of aromatic nitrogens is 1. The van der Waals surface area contributed by atoms with Gasteiger partial charge >= 0.3 is 0 Å². The lowest BCUT2D eigenvalue weighted by Gasteiger charge is -2.31. The molecule has 1 fully saturated rings. The maximum Gasteiger partial charge on any atom is 0.243 e. The molecule has 1 atom stereocenters. The molecule has 0 aliphatic carbocycles. The largest absolute Gasteiger partial charge is 0.349 e. The molecular weight excluding hydrogens is 440 g/mol. The van der Waals surface area contributed by atoms with Crippen LogP contribution < -0.4 is 10.6 Å². The molecule has 1 aliphatic rings. The van der Waals surface area contributed by atoms with Gasteiger partial charge in [-0.2, -0.15) is 4.31 Å². The maximum atomic E-state index is 12.9. The number of hydrogen-bond donors (Lipinski definition) is 2. The Morgan fingerprint density at radius 1 is 1.06 bits per heavy atom. The van der Waals surface area contributed by atoms with E-state index >= 15 is 0 Å². The number of piperidine rings is 1. The Kier molecular flexibility index (Phi) is 8.57. The topological polar surface area (TPSA) is 108 Å². The van der Waals surface area contributed by atoms with Crippen molar-refractivity contribution in [2.24, 2.45) is 11.8 Å². The molecule has 0 spiro atoms. The molecule has 0 unspecified atom stereocenters. The number of sulfonamides is 1. The second kappa shape index (κ2) is 11.4. The first-order valence-electron chi connectivity index (χ1n) is 11.3. The molecule has 2 heterocycles. The molecule has 0 radical (unpaired) electrons. The van der Waals surface area contributed by atoms with Gasteiger partial charge in [-0.1, -0.05) is 38.1 Å². The minimum Gasteiger partial charge on any atom is -0.349 e. The van der Waals surface area contributed by atoms with E-state index < -0.39 is 16.1 Å². The van der Waals surface area contributed by atoms with E-state index in [0.717, 1.165) is 5.69 Å². The molecule has 0 saturated carbocycles. The van der Waals surface area contributed by atoms with Crippen molar-refractivity contribution in [3.8, 4) is 0 Å². The van der Waals surface area contributed by atoms with Gasteiger partial charge in [0.25, 0.3) is 0 Å². The highest BCUT2D eigenvalue weighted by Gasteiger charge is 2.33. The highest BCUT2D eigenvalue weighted by molar-refractivity contribution is 7.89. The van der Waals surface area contributed by atoms with E-state index in [1.807, 2.05) is 32.0 Å². The minimum absolute atomic E-state index is 0.203. The number of carbonyl (C=O) groups is 2. The van der Waals surface area contributed by atoms with Gasteiger partial charge in [-0.25, -0.2) is 8.42 Å². The van der Waals surface area contributed by atoms with Crippen molar-refractivity contribution in [1.29, 1.82) is 0 Å². The number of hydrogen-bond acceptors (Lipinski definition) is 5. The summed E-state index contributed by atoms with van der Waals surface area (Å²) in [6.07, 6.45) is 3.02. The summed E-state index contributed by atoms with van der Waals surface area (Å²) in [7, 11) is -3.57. The van der Waals surface area contributed by atoms with Crippen molar-refractivity contribution in [1.82, 2.24) is 19.9 Å². The zero-order chi connectivity index (χ0) is 23.8. The van der Waals surface area contributed by atoms with E-state index in [2.05, 4.69) is 15.6 Å². The average Bonchev–Trinajstić information content (AvgIpc) is 2.83. The van der Waals surface area contributed by atoms with Crippen molar-refractivity contribution < 1.29 is 18.0 Å². The smallest absolute Gasteiger partial charge is 0.243 e. The van der Waals surface area contributed by atoms with Crippen LogP contribution in [0.3, 0.4) is 0 Å². The Balaban J connectivity index is 1.56. The van der Waals surface area contributed by atoms with Crippen LogP contribution in [0.15, 0.2) is 59.6 Å². The summed E-state index contributed by atoms with van der Waals surface area (Å²) in [5, 5.41) is 5.75. The fourth-order valence-corrected chi connectivity index (χ4v) is 5.39. The van der Waals surface area contributed by atoms with E-state index in [9.17, 15) is 18.0 Å². The first kappa shape index (κ1) is 24.9. The van der Waals surface area contributed by atoms with Crippen LogP contribution in [0.1, 0.15) is 38.8 Å². The average molecular weight is 473 g/mol. The van der Waals surface area contributed by atoms with Gasteiger partial charge < -0.3 is 10.6 Å². The molecule has 2 aromatic rings. The molecule has 1 aliphatic heterocycles. The van der Waals surface area contributed by atoms with Gasteiger partial charge in [0.05, 0.1) is 17.1 Å². The summed E-state index contributed by atoms with van der Waals surface area (Å²) in [5.41, 5.74) is 0.743. The third kappa shape index (κ3) is 6.85. The molecule has 8 nitrogen and oxygen atoms in total. The number of benzene rings is 1. The standard InChI is InChI=1S/C24H32N4O4S/c1-18(2)16-22(24(30)26-17-20-8-6-7-13-25-20)27-23(29)19-11-14-28(15-12-19)33(31,32)21-9-4-3-5-10-21/h3-10,13,18-19,22H,11-12,14-17H2,1-2H3,(H,26,30)(H,27,29)/t22-/m0/s1. The molecule has 0 bridgehead atoms. The van der Waals surface area contributed by atoms with Gasteiger partial charge in [0.15, 0.2) is 0 Å². The summed E-state index contributed by atoms with van der Waals surface area (Å²) in [4.78, 5) is 30.2. The van der Waals surface area contributed by atoms with E-state index in [1.165, 1.54) is 4.31 Å². The summed E-state index contributed by atoms with van der Waals surface area (Å²) < 4.78 is 27.0. The number of nitrogens with zero attached hydrogens (tertiary/aromatic N) is 2. The Bertz CT molecular complexity index is 1020. The Morgan fingerprint density at radius 2 is 1.73 bits per heavy atom. The zero-order valence-electron chi connectivity index (χ0n) is 19.1. The number of pyridine rings is 1. The van der Waals surface area contributed by atoms with Crippen LogP contribution in [-0.2, 0) is 26.2 Å². The van der Waals surface area contributed by atoms with Crippen LogP contribution in [0, 0.1) is 11.8 Å². The molecule has 1 aromatic heterocycles. The van der Waals surface area contributed by atoms with E-state index in [-0.39, 0.29) is 41.6 Å². The monoisotopic (exact) mass is 472 g/mol. The third-order valence-corrected chi connectivity index (χ3v) is 7.63. The maximum absolute atomic E-state index is 12.9. The predicted molar refractivity (Wildman–Crippen MR) is 125 cm³/mol. The normalized spacial score (nSPS) is 16.3. The second-order valence-corrected chi connectivity index (χ2v) is 10.7. The van der Waals surface area contributed by atoms with Crippen LogP contribution in [0.4, 0.5) is 0 Å². The highest BCUT2D eigenvalue weighted by Crippen LogP contribution is 2.24. The first-order chi connectivity index (χ1) is 15.8. The van der Waals surface area contributed by atoms with Crippen LogP contribution in [0.5, 0.6) is 0 Å². The van der Waals surface area contributed by atoms with Crippen LogP contribution in [-0.4, -0.2) is 48.7 Å². The second-order valence-electron chi connectivity index (χ2n) is 8.72. The van der Waals surface area contributed by atoms with E-state index in [1.54, 1.807) is 36.5 Å². The Morgan fingerprint density at radius 3 is 2.33 bits per heavy atom. The summed E-state index contributed by atoms with van der Waals surface area (Å²) in [5.74, 6) is -0.559. The van der Waals surface area contributed by atoms with Crippen molar-refractivity contribution in [3.05, 3.63) is 60.4 Å². The molecule has 2 N–H and O–H groups in total. The van der Waals surface area contributed by atoms with Crippen molar-refractivity contribution >= 4 is 21.8 Å². The zero-order valence-corrected chi connectivity index (χ0v) is 19.9. The molecule has 178 valence electrons. The number of rotatable bonds is 9. The molecule has 1 aromatic carbocycles. The Hall–Kier alpha value is -2.78. The van der Waals surface area contributed by atoms with Gasteiger partial charge in [0.1, 0.15) is 6.04 Å². The highest BCUT2D eigenvalue weighted by atomic mass is 32.2. The SMILES string of the molecule is CC(C)C[C@H](NC(=O)C1CCN(S(=O)(=O)c2ccccc2)CC1)C(=O)NCc1ccccn1. The molecule has 33 heavy (non-hydrogen) atoms. The lowest BCUT2D eigenvalue weighted by Crippen LogP contribution is -2.50. The lowest BCUT2D eigenvalue weighted by molar-refractivity contribution is -0.132. The number of nitrogens with one attached hydrogen (secondary N) is 2. The minimum atomic E-state index is -3.57. The summed E-state index contributed by atoms with van der Waals surface area (Å²) >= 11 is 0. The lowest BCUT2D eigenvalue weighted by atomic mass is 9.95. The van der Waals surface area contributed by atoms with Crippen molar-refractivity contribution in [2.75, 3.05) is 13.1 Å². The van der Waals surface area contributed by atoms with Gasteiger partial charge in [-0.05, 0) is 49.4 Å². The van der Waals surface area contributed by atoms with Gasteiger partial charge in [0, 0.05) is 25.2 Å². The molecule has 1 saturated heterocycles. The third-order valence-electron chi connectivity index (χ3n) is 5.72. The van der Waals surface area contributed by atoms with Crippen LogP contribution in [0.2, 0.25) is 0 Å². The number of carbonyl (C=O) groups excluding carboxylic acids is 2. The van der Waals surface area contributed by atoms with E-state index in [0.29, 0.717) is 25.8 Å². The first-order valence-corrected chi connectivity index (χ1v) is 12.7. The van der Waals surface area contributed by atoms with Crippen LogP contribution >= 0.6 is 0 Å². The molecular formula is C24H32N4O4S. The van der Waals surface area contributed by atoms with E-state index in [4.69, 9.17) is 0 Å². The van der Waals surface area contributed by atoms with Crippen molar-refractivity contribution in [2.45, 2.75) is 50.6 Å². The summed E-state index contributed by atoms with van der Waals surface area (Å²) in [6, 6.07) is 13.2. The van der Waals surface area contributed by atoms with Gasteiger partial charge in [0.2, 0.25) is 21.8 Å². The number of amides is 2. The fraction of sp³-hybridized carbons (Fsp3) is 0.458. The predicted octanol–water partition coefficient (Wildman–Crippen LogP) is 2.33. The summed E-state index contributed by atoms with van der Waals surface area (Å²) in [6.45, 7) is 4.84. The quantitative estimate of drug-likeness (QED) is 0.582. The molecule has 3 rings (SSSR count). The fourth-order valence-electron chi connectivity index (χ4n) is 3.90. The van der Waals surface area contributed by atoms with Gasteiger partial charge in [-0.15, -0.1) is 0 Å². The van der Waals surface area contributed by atoms with Crippen molar-refractivity contribution in [3.63, 3.8) is 0 Å². The van der Waals surface area contributed by atoms with Gasteiger partial charge in [-0.3, -0.25) is 14.6 Å². The van der Waals surface area contributed by atoms with Crippen LogP contribution in [0.25, 0.3) is 0 Å².